The number of hydrogen-bond donors (Lipinski definition) is 1. The zero-order chi connectivity index (χ0) is 15.0. The quantitative estimate of drug-likeness (QED) is 0.818. The Morgan fingerprint density at radius 1 is 1.10 bits per heavy atom. The van der Waals surface area contributed by atoms with Crippen molar-refractivity contribution in [1.29, 1.82) is 0 Å². The van der Waals surface area contributed by atoms with Gasteiger partial charge in [-0.15, -0.1) is 10.2 Å². The lowest BCUT2D eigenvalue weighted by atomic mass is 10.3. The molecule has 1 aliphatic heterocycles. The molecule has 0 bridgehead atoms. The molecule has 1 saturated heterocycles. The highest BCUT2D eigenvalue weighted by Gasteiger charge is 2.33. The molecule has 0 spiro atoms. The van der Waals surface area contributed by atoms with E-state index in [0.717, 1.165) is 10.4 Å². The summed E-state index contributed by atoms with van der Waals surface area (Å²) in [4.78, 5) is 1.65. The van der Waals surface area contributed by atoms with E-state index in [1.807, 2.05) is 0 Å². The Morgan fingerprint density at radius 3 is 2.10 bits per heavy atom. The van der Waals surface area contributed by atoms with Crippen molar-refractivity contribution in [2.24, 2.45) is 5.14 Å². The number of nitrogens with zero attached hydrogens (tertiary/aromatic N) is 4. The van der Waals surface area contributed by atoms with Gasteiger partial charge in [-0.3, -0.25) is 0 Å². The van der Waals surface area contributed by atoms with E-state index < -0.39 is 22.1 Å². The fourth-order valence-corrected chi connectivity index (χ4v) is 2.49. The molecular formula is C9H12F3N5O2S. The first-order valence-corrected chi connectivity index (χ1v) is 7.12. The molecule has 1 aliphatic rings. The van der Waals surface area contributed by atoms with E-state index in [2.05, 4.69) is 10.2 Å². The van der Waals surface area contributed by atoms with Crippen molar-refractivity contribution in [2.45, 2.75) is 6.18 Å². The predicted octanol–water partition coefficient (Wildman–Crippen LogP) is -0.179. The van der Waals surface area contributed by atoms with Crippen LogP contribution in [0, 0.1) is 0 Å². The van der Waals surface area contributed by atoms with Gasteiger partial charge in [-0.1, -0.05) is 0 Å². The van der Waals surface area contributed by atoms with Gasteiger partial charge < -0.3 is 4.90 Å². The van der Waals surface area contributed by atoms with Crippen LogP contribution in [0.1, 0.15) is 5.69 Å². The lowest BCUT2D eigenvalue weighted by Crippen LogP contribution is -2.51. The average Bonchev–Trinajstić information content (AvgIpc) is 2.37. The monoisotopic (exact) mass is 311 g/mol. The number of halogens is 3. The normalized spacial score (nSPS) is 18.3. The van der Waals surface area contributed by atoms with Crippen molar-refractivity contribution >= 4 is 16.0 Å². The van der Waals surface area contributed by atoms with Crippen LogP contribution < -0.4 is 10.0 Å². The third kappa shape index (κ3) is 3.35. The van der Waals surface area contributed by atoms with Crippen molar-refractivity contribution in [3.05, 3.63) is 17.8 Å². The van der Waals surface area contributed by atoms with Gasteiger partial charge in [0.05, 0.1) is 0 Å². The van der Waals surface area contributed by atoms with E-state index in [1.54, 1.807) is 4.90 Å². The van der Waals surface area contributed by atoms with E-state index in [9.17, 15) is 21.6 Å². The number of hydrogen-bond acceptors (Lipinski definition) is 5. The number of aromatic nitrogens is 2. The molecule has 1 aromatic heterocycles. The standard InChI is InChI=1S/C9H12F3N5O2S/c10-9(11,12)7-1-2-8(15-14-7)16-3-5-17(6-4-16)20(13,18)19/h1-2H,3-6H2,(H2,13,18,19). The van der Waals surface area contributed by atoms with Crippen LogP contribution in [0.5, 0.6) is 0 Å². The van der Waals surface area contributed by atoms with Gasteiger partial charge in [0.2, 0.25) is 0 Å². The summed E-state index contributed by atoms with van der Waals surface area (Å²) in [6.45, 7) is 0.885. The Bertz CT molecular complexity index is 566. The van der Waals surface area contributed by atoms with Gasteiger partial charge in [0.1, 0.15) is 0 Å². The lowest BCUT2D eigenvalue weighted by molar-refractivity contribution is -0.141. The summed E-state index contributed by atoms with van der Waals surface area (Å²) in [7, 11) is -3.74. The maximum atomic E-state index is 12.3. The molecule has 0 radical (unpaired) electrons. The van der Waals surface area contributed by atoms with Crippen LogP contribution in [0.4, 0.5) is 19.0 Å². The zero-order valence-electron chi connectivity index (χ0n) is 10.2. The smallest absolute Gasteiger partial charge is 0.352 e. The first-order valence-electron chi connectivity index (χ1n) is 5.61. The molecule has 0 aromatic carbocycles. The molecule has 2 rings (SSSR count). The molecule has 20 heavy (non-hydrogen) atoms. The van der Waals surface area contributed by atoms with Gasteiger partial charge in [-0.05, 0) is 12.1 Å². The summed E-state index contributed by atoms with van der Waals surface area (Å²) >= 11 is 0. The minimum absolute atomic E-state index is 0.154. The molecule has 7 nitrogen and oxygen atoms in total. The van der Waals surface area contributed by atoms with Crippen LogP contribution >= 0.6 is 0 Å². The van der Waals surface area contributed by atoms with Crippen LogP contribution in [-0.2, 0) is 16.4 Å². The predicted molar refractivity (Wildman–Crippen MR) is 63.9 cm³/mol. The molecule has 1 aromatic rings. The van der Waals surface area contributed by atoms with E-state index in [0.29, 0.717) is 0 Å². The van der Waals surface area contributed by atoms with Gasteiger partial charge in [0.15, 0.2) is 11.5 Å². The van der Waals surface area contributed by atoms with Crippen LogP contribution in [0.3, 0.4) is 0 Å². The molecule has 0 saturated carbocycles. The average molecular weight is 311 g/mol. The summed E-state index contributed by atoms with van der Waals surface area (Å²) in [5.41, 5.74) is -1.07. The number of piperazine rings is 1. The van der Waals surface area contributed by atoms with Crippen molar-refractivity contribution in [1.82, 2.24) is 14.5 Å². The van der Waals surface area contributed by atoms with Gasteiger partial charge in [0.25, 0.3) is 10.2 Å². The number of alkyl halides is 3. The summed E-state index contributed by atoms with van der Waals surface area (Å²) in [6.07, 6.45) is -4.53. The number of rotatable bonds is 2. The maximum absolute atomic E-state index is 12.3. The maximum Gasteiger partial charge on any atom is 0.435 e. The summed E-state index contributed by atoms with van der Waals surface area (Å²) < 4.78 is 60.4. The van der Waals surface area contributed by atoms with Crippen molar-refractivity contribution in [3.63, 3.8) is 0 Å². The minimum atomic E-state index is -4.53. The molecule has 2 heterocycles. The fraction of sp³-hybridized carbons (Fsp3) is 0.556. The highest BCUT2D eigenvalue weighted by Crippen LogP contribution is 2.27. The van der Waals surface area contributed by atoms with Crippen LogP contribution in [0.25, 0.3) is 0 Å². The van der Waals surface area contributed by atoms with Gasteiger partial charge >= 0.3 is 6.18 Å². The molecule has 0 aliphatic carbocycles. The summed E-state index contributed by atoms with van der Waals surface area (Å²) in [5.74, 6) is 0.270. The molecule has 0 atom stereocenters. The van der Waals surface area contributed by atoms with Gasteiger partial charge in [-0.25, -0.2) is 5.14 Å². The molecule has 2 N–H and O–H groups in total. The highest BCUT2D eigenvalue weighted by molar-refractivity contribution is 7.86. The number of nitrogens with two attached hydrogens (primary N) is 1. The minimum Gasteiger partial charge on any atom is -0.352 e. The van der Waals surface area contributed by atoms with Crippen LogP contribution in [0.2, 0.25) is 0 Å². The van der Waals surface area contributed by atoms with E-state index in [1.165, 1.54) is 6.07 Å². The van der Waals surface area contributed by atoms with E-state index >= 15 is 0 Å². The molecule has 0 unspecified atom stereocenters. The van der Waals surface area contributed by atoms with Gasteiger partial charge in [0, 0.05) is 26.2 Å². The SMILES string of the molecule is NS(=O)(=O)N1CCN(c2ccc(C(F)(F)F)nn2)CC1. The van der Waals surface area contributed by atoms with Gasteiger partial charge in [-0.2, -0.15) is 25.9 Å². The Labute approximate surface area is 113 Å². The fourth-order valence-electron chi connectivity index (χ4n) is 1.82. The zero-order valence-corrected chi connectivity index (χ0v) is 11.0. The second-order valence-corrected chi connectivity index (χ2v) is 5.75. The Hall–Kier alpha value is -1.46. The Kier molecular flexibility index (Phi) is 3.84. The molecule has 11 heteroatoms. The lowest BCUT2D eigenvalue weighted by Gasteiger charge is -2.33. The molecular weight excluding hydrogens is 299 g/mol. The van der Waals surface area contributed by atoms with Crippen molar-refractivity contribution in [2.75, 3.05) is 31.1 Å². The summed E-state index contributed by atoms with van der Waals surface area (Å²) in [5, 5.41) is 11.6. The van der Waals surface area contributed by atoms with Crippen LogP contribution in [-0.4, -0.2) is 49.1 Å². The first kappa shape index (κ1) is 14.9. The molecule has 1 fully saturated rings. The van der Waals surface area contributed by atoms with E-state index in [4.69, 9.17) is 5.14 Å². The Morgan fingerprint density at radius 2 is 1.70 bits per heavy atom. The van der Waals surface area contributed by atoms with Crippen molar-refractivity contribution < 1.29 is 21.6 Å². The number of anilines is 1. The third-order valence-corrected chi connectivity index (χ3v) is 3.95. The largest absolute Gasteiger partial charge is 0.435 e. The topological polar surface area (TPSA) is 92.4 Å². The van der Waals surface area contributed by atoms with Crippen LogP contribution in [0.15, 0.2) is 12.1 Å². The molecule has 0 amide bonds. The molecule has 112 valence electrons. The first-order chi connectivity index (χ1) is 9.18. The second kappa shape index (κ2) is 5.14. The second-order valence-electron chi connectivity index (χ2n) is 4.21. The highest BCUT2D eigenvalue weighted by atomic mass is 32.2. The summed E-state index contributed by atoms with van der Waals surface area (Å²) in [6, 6.07) is 2.05. The third-order valence-electron chi connectivity index (χ3n) is 2.86. The van der Waals surface area contributed by atoms with E-state index in [-0.39, 0.29) is 32.0 Å². The Balaban J connectivity index is 2.04. The van der Waals surface area contributed by atoms with Crippen molar-refractivity contribution in [3.8, 4) is 0 Å².